The number of anilines is 1. The van der Waals surface area contributed by atoms with Gasteiger partial charge in [-0.25, -0.2) is 0 Å². The van der Waals surface area contributed by atoms with Crippen molar-refractivity contribution in [2.75, 3.05) is 11.9 Å². The summed E-state index contributed by atoms with van der Waals surface area (Å²) in [6.45, 7) is 3.02. The van der Waals surface area contributed by atoms with Crippen molar-refractivity contribution in [2.45, 2.75) is 19.4 Å². The molecule has 0 aromatic heterocycles. The Balaban J connectivity index is 2.60. The fraction of sp³-hybridized carbons (Fsp3) is 0.333. The van der Waals surface area contributed by atoms with Gasteiger partial charge < -0.3 is 15.7 Å². The molecule has 5 nitrogen and oxygen atoms in total. The van der Waals surface area contributed by atoms with E-state index in [1.54, 1.807) is 26.0 Å². The molecule has 1 rings (SSSR count). The summed E-state index contributed by atoms with van der Waals surface area (Å²) in [4.78, 5) is 23.1. The van der Waals surface area contributed by atoms with Crippen LogP contribution < -0.4 is 10.6 Å². The molecule has 0 aliphatic heterocycles. The second kappa shape index (κ2) is 6.14. The third-order valence-corrected chi connectivity index (χ3v) is 2.87. The molecule has 0 saturated heterocycles. The van der Waals surface area contributed by atoms with E-state index in [0.29, 0.717) is 5.69 Å². The minimum atomic E-state index is -0.819. The van der Waals surface area contributed by atoms with Crippen LogP contribution in [-0.4, -0.2) is 29.1 Å². The molecule has 2 amide bonds. The Morgan fingerprint density at radius 3 is 2.28 bits per heavy atom. The number of aliphatic hydroxyl groups excluding tert-OH is 1. The number of benzene rings is 1. The SMILES string of the molecule is CC(C)(CO)NC(=O)C(=O)Nc1ccc(I)cc1. The van der Waals surface area contributed by atoms with Crippen LogP contribution in [0.3, 0.4) is 0 Å². The molecular formula is C12H15IN2O3. The van der Waals surface area contributed by atoms with Crippen LogP contribution in [0.15, 0.2) is 24.3 Å². The zero-order valence-corrected chi connectivity index (χ0v) is 12.3. The first kappa shape index (κ1) is 14.9. The van der Waals surface area contributed by atoms with Gasteiger partial charge in [-0.2, -0.15) is 0 Å². The Morgan fingerprint density at radius 2 is 1.78 bits per heavy atom. The monoisotopic (exact) mass is 362 g/mol. The van der Waals surface area contributed by atoms with Gasteiger partial charge in [0, 0.05) is 9.26 Å². The van der Waals surface area contributed by atoms with Crippen LogP contribution in [0.25, 0.3) is 0 Å². The highest BCUT2D eigenvalue weighted by molar-refractivity contribution is 14.1. The Kier molecular flexibility index (Phi) is 5.09. The molecule has 1 aromatic rings. The van der Waals surface area contributed by atoms with Gasteiger partial charge in [0.05, 0.1) is 12.1 Å². The van der Waals surface area contributed by atoms with E-state index >= 15 is 0 Å². The lowest BCUT2D eigenvalue weighted by atomic mass is 10.1. The Hall–Kier alpha value is -1.15. The van der Waals surface area contributed by atoms with Gasteiger partial charge in [0.2, 0.25) is 0 Å². The van der Waals surface area contributed by atoms with Gasteiger partial charge in [0.15, 0.2) is 0 Å². The highest BCUT2D eigenvalue weighted by Gasteiger charge is 2.23. The number of carbonyl (C=O) groups excluding carboxylic acids is 2. The number of amides is 2. The van der Waals surface area contributed by atoms with Gasteiger partial charge >= 0.3 is 11.8 Å². The zero-order chi connectivity index (χ0) is 13.8. The van der Waals surface area contributed by atoms with Crippen molar-refractivity contribution >= 4 is 40.1 Å². The van der Waals surface area contributed by atoms with E-state index in [1.807, 2.05) is 12.1 Å². The van der Waals surface area contributed by atoms with Crippen LogP contribution in [0.1, 0.15) is 13.8 Å². The molecule has 0 atom stereocenters. The van der Waals surface area contributed by atoms with Gasteiger partial charge in [0.1, 0.15) is 0 Å². The molecule has 0 fully saturated rings. The highest BCUT2D eigenvalue weighted by atomic mass is 127. The molecule has 0 aliphatic carbocycles. The standard InChI is InChI=1S/C12H15IN2O3/c1-12(2,7-16)15-11(18)10(17)14-9-5-3-8(13)4-6-9/h3-6,16H,7H2,1-2H3,(H,14,17)(H,15,18). The maximum atomic E-state index is 11.6. The lowest BCUT2D eigenvalue weighted by molar-refractivity contribution is -0.137. The second-order valence-corrected chi connectivity index (χ2v) is 5.70. The normalized spacial score (nSPS) is 10.9. The maximum Gasteiger partial charge on any atom is 0.313 e. The van der Waals surface area contributed by atoms with Crippen molar-refractivity contribution in [2.24, 2.45) is 0 Å². The van der Waals surface area contributed by atoms with Crippen molar-refractivity contribution < 1.29 is 14.7 Å². The molecule has 98 valence electrons. The van der Waals surface area contributed by atoms with Crippen molar-refractivity contribution in [3.05, 3.63) is 27.8 Å². The number of hydrogen-bond acceptors (Lipinski definition) is 3. The third-order valence-electron chi connectivity index (χ3n) is 2.16. The maximum absolute atomic E-state index is 11.6. The highest BCUT2D eigenvalue weighted by Crippen LogP contribution is 2.11. The molecule has 0 radical (unpaired) electrons. The summed E-state index contributed by atoms with van der Waals surface area (Å²) in [7, 11) is 0. The summed E-state index contributed by atoms with van der Waals surface area (Å²) in [6.07, 6.45) is 0. The van der Waals surface area contributed by atoms with Crippen molar-refractivity contribution in [3.8, 4) is 0 Å². The van der Waals surface area contributed by atoms with Gasteiger partial charge in [0.25, 0.3) is 0 Å². The Morgan fingerprint density at radius 1 is 1.22 bits per heavy atom. The minimum Gasteiger partial charge on any atom is -0.394 e. The first-order valence-electron chi connectivity index (χ1n) is 5.34. The summed E-state index contributed by atoms with van der Waals surface area (Å²) in [6, 6.07) is 7.08. The van der Waals surface area contributed by atoms with Crippen LogP contribution in [0.4, 0.5) is 5.69 Å². The van der Waals surface area contributed by atoms with Gasteiger partial charge in [-0.15, -0.1) is 0 Å². The molecule has 0 unspecified atom stereocenters. The lowest BCUT2D eigenvalue weighted by Gasteiger charge is -2.22. The van der Waals surface area contributed by atoms with E-state index in [9.17, 15) is 9.59 Å². The van der Waals surface area contributed by atoms with Gasteiger partial charge in [-0.1, -0.05) is 0 Å². The van der Waals surface area contributed by atoms with E-state index in [0.717, 1.165) is 3.57 Å². The largest absolute Gasteiger partial charge is 0.394 e. The molecule has 0 heterocycles. The number of halogens is 1. The average molecular weight is 362 g/mol. The van der Waals surface area contributed by atoms with Gasteiger partial charge in [-0.3, -0.25) is 9.59 Å². The topological polar surface area (TPSA) is 78.4 Å². The quantitative estimate of drug-likeness (QED) is 0.557. The molecule has 3 N–H and O–H groups in total. The van der Waals surface area contributed by atoms with Crippen LogP contribution >= 0.6 is 22.6 Å². The smallest absolute Gasteiger partial charge is 0.313 e. The Labute approximate surface area is 119 Å². The molecule has 0 saturated carbocycles. The molecule has 0 aliphatic rings. The van der Waals surface area contributed by atoms with Crippen LogP contribution in [-0.2, 0) is 9.59 Å². The fourth-order valence-corrected chi connectivity index (χ4v) is 1.48. The summed E-state index contributed by atoms with van der Waals surface area (Å²) in [5.74, 6) is -1.52. The van der Waals surface area contributed by atoms with E-state index in [-0.39, 0.29) is 6.61 Å². The average Bonchev–Trinajstić information content (AvgIpc) is 2.31. The molecule has 0 bridgehead atoms. The minimum absolute atomic E-state index is 0.241. The Bertz CT molecular complexity index is 443. The molecular weight excluding hydrogens is 347 g/mol. The van der Waals surface area contributed by atoms with E-state index in [1.165, 1.54) is 0 Å². The van der Waals surface area contributed by atoms with E-state index in [2.05, 4.69) is 33.2 Å². The number of hydrogen-bond donors (Lipinski definition) is 3. The number of carbonyl (C=O) groups is 2. The van der Waals surface area contributed by atoms with Crippen molar-refractivity contribution in [3.63, 3.8) is 0 Å². The molecule has 6 heteroatoms. The number of nitrogens with one attached hydrogen (secondary N) is 2. The van der Waals surface area contributed by atoms with Crippen LogP contribution in [0, 0.1) is 3.57 Å². The van der Waals surface area contributed by atoms with E-state index < -0.39 is 17.4 Å². The molecule has 1 aromatic carbocycles. The summed E-state index contributed by atoms with van der Waals surface area (Å²) < 4.78 is 1.04. The summed E-state index contributed by atoms with van der Waals surface area (Å²) in [5.41, 5.74) is -0.266. The zero-order valence-electron chi connectivity index (χ0n) is 10.2. The lowest BCUT2D eigenvalue weighted by Crippen LogP contribution is -2.50. The van der Waals surface area contributed by atoms with Crippen molar-refractivity contribution in [1.29, 1.82) is 0 Å². The summed E-state index contributed by atoms with van der Waals surface area (Å²) >= 11 is 2.15. The second-order valence-electron chi connectivity index (χ2n) is 4.46. The van der Waals surface area contributed by atoms with Crippen molar-refractivity contribution in [1.82, 2.24) is 5.32 Å². The number of rotatable bonds is 3. The molecule has 18 heavy (non-hydrogen) atoms. The van der Waals surface area contributed by atoms with E-state index in [4.69, 9.17) is 5.11 Å². The van der Waals surface area contributed by atoms with Crippen LogP contribution in [0.5, 0.6) is 0 Å². The molecule has 0 spiro atoms. The van der Waals surface area contributed by atoms with Gasteiger partial charge in [-0.05, 0) is 60.7 Å². The predicted molar refractivity (Wildman–Crippen MR) is 77.1 cm³/mol. The first-order chi connectivity index (χ1) is 8.34. The van der Waals surface area contributed by atoms with Crippen LogP contribution in [0.2, 0.25) is 0 Å². The third kappa shape index (κ3) is 4.61. The predicted octanol–water partition coefficient (Wildman–Crippen LogP) is 1.12. The number of aliphatic hydroxyl groups is 1. The fourth-order valence-electron chi connectivity index (χ4n) is 1.12. The first-order valence-corrected chi connectivity index (χ1v) is 6.42. The summed E-state index contributed by atoms with van der Waals surface area (Å²) in [5, 5.41) is 13.9.